The number of furan rings is 1. The van der Waals surface area contributed by atoms with Crippen LogP contribution in [-0.2, 0) is 0 Å². The average molecular weight is 500 g/mol. The third-order valence-corrected chi connectivity index (χ3v) is 7.84. The van der Waals surface area contributed by atoms with Crippen LogP contribution in [0.25, 0.3) is 32.5 Å². The van der Waals surface area contributed by atoms with Crippen LogP contribution in [0.1, 0.15) is 29.3 Å². The molecule has 0 aliphatic carbocycles. The van der Waals surface area contributed by atoms with E-state index < -0.39 is 6.10 Å². The predicted molar refractivity (Wildman–Crippen MR) is 144 cm³/mol. The van der Waals surface area contributed by atoms with Gasteiger partial charge in [-0.3, -0.25) is 0 Å². The first kappa shape index (κ1) is 23.2. The van der Waals surface area contributed by atoms with Gasteiger partial charge in [0.2, 0.25) is 0 Å². The maximum Gasteiger partial charge on any atom is 0.183 e. The van der Waals surface area contributed by atoms with Crippen LogP contribution in [-0.4, -0.2) is 52.5 Å². The number of aromatic nitrogens is 2. The number of rotatable bonds is 7. The molecule has 1 saturated heterocycles. The molecule has 36 heavy (non-hydrogen) atoms. The lowest BCUT2D eigenvalue weighted by Crippen LogP contribution is -2.40. The fourth-order valence-electron chi connectivity index (χ4n) is 5.11. The Morgan fingerprint density at radius 1 is 1.03 bits per heavy atom. The minimum atomic E-state index is -0.561. The van der Waals surface area contributed by atoms with E-state index in [1.54, 1.807) is 0 Å². The maximum absolute atomic E-state index is 10.7. The molecular weight excluding hydrogens is 470 g/mol. The molecule has 3 aromatic carbocycles. The Labute approximate surface area is 214 Å². The molecule has 3 heterocycles. The monoisotopic (exact) mass is 499 g/mol. The molecule has 0 saturated carbocycles. The van der Waals surface area contributed by atoms with Crippen molar-refractivity contribution in [3.8, 4) is 16.5 Å². The van der Waals surface area contributed by atoms with E-state index in [1.807, 2.05) is 31.2 Å². The Balaban J connectivity index is 1.04. The number of ether oxygens (including phenoxy) is 1. The van der Waals surface area contributed by atoms with E-state index in [2.05, 4.69) is 57.6 Å². The van der Waals surface area contributed by atoms with E-state index in [0.717, 1.165) is 46.9 Å². The van der Waals surface area contributed by atoms with Crippen LogP contribution < -0.4 is 4.74 Å². The second-order valence-electron chi connectivity index (χ2n) is 9.55. The largest absolute Gasteiger partial charge is 0.490 e. The summed E-state index contributed by atoms with van der Waals surface area (Å²) in [6, 6.07) is 23.1. The molecule has 1 atom stereocenters. The Kier molecular flexibility index (Phi) is 6.44. The van der Waals surface area contributed by atoms with Gasteiger partial charge in [0.25, 0.3) is 0 Å². The van der Waals surface area contributed by atoms with Crippen molar-refractivity contribution in [2.24, 2.45) is 0 Å². The first-order valence-corrected chi connectivity index (χ1v) is 13.3. The zero-order chi connectivity index (χ0) is 24.5. The number of likely N-dealkylation sites (tertiary alicyclic amines) is 1. The molecule has 6 rings (SSSR count). The Hall–Kier alpha value is -3.26. The normalized spacial score (nSPS) is 16.1. The summed E-state index contributed by atoms with van der Waals surface area (Å²) in [5.74, 6) is 1.96. The Bertz CT molecular complexity index is 1490. The number of aryl methyl sites for hydroxylation is 1. The van der Waals surface area contributed by atoms with Gasteiger partial charge in [0.15, 0.2) is 10.8 Å². The number of benzene rings is 3. The van der Waals surface area contributed by atoms with Gasteiger partial charge < -0.3 is 19.2 Å². The van der Waals surface area contributed by atoms with Gasteiger partial charge in [-0.15, -0.1) is 10.2 Å². The van der Waals surface area contributed by atoms with Crippen LogP contribution >= 0.6 is 11.3 Å². The van der Waals surface area contributed by atoms with Crippen molar-refractivity contribution in [2.75, 3.05) is 26.2 Å². The smallest absolute Gasteiger partial charge is 0.183 e. The van der Waals surface area contributed by atoms with Crippen molar-refractivity contribution < 1.29 is 14.3 Å². The summed E-state index contributed by atoms with van der Waals surface area (Å²) in [4.78, 5) is 2.35. The first-order chi connectivity index (χ1) is 17.6. The fourth-order valence-corrected chi connectivity index (χ4v) is 5.75. The summed E-state index contributed by atoms with van der Waals surface area (Å²) in [6.07, 6.45) is 1.65. The van der Waals surface area contributed by atoms with Gasteiger partial charge in [-0.25, -0.2) is 0 Å². The molecule has 5 aromatic rings. The van der Waals surface area contributed by atoms with Crippen LogP contribution in [0, 0.1) is 6.92 Å². The lowest BCUT2D eigenvalue weighted by Gasteiger charge is -2.33. The molecule has 6 nitrogen and oxygen atoms in total. The van der Waals surface area contributed by atoms with Crippen molar-refractivity contribution in [1.29, 1.82) is 0 Å². The highest BCUT2D eigenvalue weighted by atomic mass is 32.1. The first-order valence-electron chi connectivity index (χ1n) is 12.5. The molecule has 7 heteroatoms. The minimum absolute atomic E-state index is 0.238. The zero-order valence-corrected chi connectivity index (χ0v) is 21.1. The highest BCUT2D eigenvalue weighted by molar-refractivity contribution is 7.14. The third kappa shape index (κ3) is 4.87. The van der Waals surface area contributed by atoms with Crippen LogP contribution in [0.15, 0.2) is 71.1 Å². The summed E-state index contributed by atoms with van der Waals surface area (Å²) in [5.41, 5.74) is 2.16. The van der Waals surface area contributed by atoms with Crippen molar-refractivity contribution >= 4 is 33.1 Å². The van der Waals surface area contributed by atoms with Crippen molar-refractivity contribution in [3.63, 3.8) is 0 Å². The molecule has 184 valence electrons. The number of aliphatic hydroxyl groups excluding tert-OH is 1. The summed E-state index contributed by atoms with van der Waals surface area (Å²) in [6.45, 7) is 4.74. The number of aliphatic hydroxyl groups is 1. The maximum atomic E-state index is 10.7. The molecular formula is C29H29N3O3S. The van der Waals surface area contributed by atoms with Gasteiger partial charge >= 0.3 is 0 Å². The van der Waals surface area contributed by atoms with Crippen LogP contribution in [0.4, 0.5) is 0 Å². The Morgan fingerprint density at radius 2 is 1.86 bits per heavy atom. The average Bonchev–Trinajstić information content (AvgIpc) is 3.54. The second kappa shape index (κ2) is 10.0. The van der Waals surface area contributed by atoms with Crippen LogP contribution in [0.3, 0.4) is 0 Å². The molecule has 0 amide bonds. The zero-order valence-electron chi connectivity index (χ0n) is 20.3. The lowest BCUT2D eigenvalue weighted by molar-refractivity contribution is 0.0599. The Morgan fingerprint density at radius 3 is 2.67 bits per heavy atom. The van der Waals surface area contributed by atoms with Gasteiger partial charge in [0.1, 0.15) is 29.1 Å². The molecule has 1 N–H and O–H groups in total. The van der Waals surface area contributed by atoms with Crippen molar-refractivity contribution in [3.05, 3.63) is 77.3 Å². The van der Waals surface area contributed by atoms with E-state index in [-0.39, 0.29) is 6.61 Å². The van der Waals surface area contributed by atoms with Gasteiger partial charge in [0.05, 0.1) is 5.39 Å². The number of hydrogen-bond donors (Lipinski definition) is 1. The molecule has 0 bridgehead atoms. The van der Waals surface area contributed by atoms with Gasteiger partial charge in [-0.1, -0.05) is 59.9 Å². The topological polar surface area (TPSA) is 71.6 Å². The molecule has 1 aliphatic rings. The summed E-state index contributed by atoms with van der Waals surface area (Å²) >= 11 is 1.50. The molecule has 2 aromatic heterocycles. The van der Waals surface area contributed by atoms with E-state index in [1.165, 1.54) is 27.7 Å². The number of hydrogen-bond acceptors (Lipinski definition) is 7. The molecule has 1 fully saturated rings. The minimum Gasteiger partial charge on any atom is -0.490 e. The van der Waals surface area contributed by atoms with Gasteiger partial charge in [-0.2, -0.15) is 0 Å². The summed E-state index contributed by atoms with van der Waals surface area (Å²) < 4.78 is 12.0. The third-order valence-electron chi connectivity index (χ3n) is 6.99. The number of piperidine rings is 1. The van der Waals surface area contributed by atoms with Gasteiger partial charge in [-0.05, 0) is 73.3 Å². The predicted octanol–water partition coefficient (Wildman–Crippen LogP) is 6.03. The van der Waals surface area contributed by atoms with E-state index in [0.29, 0.717) is 24.0 Å². The van der Waals surface area contributed by atoms with Crippen LogP contribution in [0.5, 0.6) is 5.75 Å². The number of nitrogens with zero attached hydrogens (tertiary/aromatic N) is 3. The SMILES string of the molecule is Cc1nnc(-c2cc3c(OCC(O)CN4CCC(c5ccc6ccccc6c5)CC4)cccc3o2)s1. The second-order valence-corrected chi connectivity index (χ2v) is 10.7. The van der Waals surface area contributed by atoms with Gasteiger partial charge in [0, 0.05) is 6.54 Å². The summed E-state index contributed by atoms with van der Waals surface area (Å²) in [7, 11) is 0. The standard InChI is InChI=1S/C29H29N3O3S/c1-19-30-31-29(36-19)28-16-25-26(7-4-8-27(25)35-28)34-18-24(33)17-32-13-11-21(12-14-32)23-10-9-20-5-2-3-6-22(20)15-23/h2-10,15-16,21,24,33H,11-14,17-18H2,1H3. The van der Waals surface area contributed by atoms with E-state index in [9.17, 15) is 5.11 Å². The van der Waals surface area contributed by atoms with Crippen molar-refractivity contribution in [2.45, 2.75) is 31.8 Å². The van der Waals surface area contributed by atoms with Crippen molar-refractivity contribution in [1.82, 2.24) is 15.1 Å². The molecule has 1 aliphatic heterocycles. The summed E-state index contributed by atoms with van der Waals surface area (Å²) in [5, 5.41) is 24.1. The number of β-amino-alcohol motifs (C(OH)–C–C–N with tert-alkyl or cyclic N) is 1. The number of fused-ring (bicyclic) bond motifs is 2. The molecule has 0 radical (unpaired) electrons. The molecule has 0 spiro atoms. The van der Waals surface area contributed by atoms with Crippen LogP contribution in [0.2, 0.25) is 0 Å². The highest BCUT2D eigenvalue weighted by Gasteiger charge is 2.23. The quantitative estimate of drug-likeness (QED) is 0.295. The lowest BCUT2D eigenvalue weighted by atomic mass is 9.88. The highest BCUT2D eigenvalue weighted by Crippen LogP contribution is 2.35. The fraction of sp³-hybridized carbons (Fsp3) is 0.310. The van der Waals surface area contributed by atoms with E-state index >= 15 is 0 Å². The molecule has 1 unspecified atom stereocenters. The van der Waals surface area contributed by atoms with E-state index in [4.69, 9.17) is 9.15 Å².